The summed E-state index contributed by atoms with van der Waals surface area (Å²) in [6.45, 7) is 7.98. The van der Waals surface area contributed by atoms with Gasteiger partial charge in [0.05, 0.1) is 19.6 Å². The zero-order valence-corrected chi connectivity index (χ0v) is 14.9. The maximum absolute atomic E-state index is 12.0. The highest BCUT2D eigenvalue weighted by Gasteiger charge is 2.26. The van der Waals surface area contributed by atoms with Gasteiger partial charge in [0, 0.05) is 6.42 Å². The number of hydrogen-bond acceptors (Lipinski definition) is 4. The Morgan fingerprint density at radius 3 is 2.30 bits per heavy atom. The third-order valence-corrected chi connectivity index (χ3v) is 3.97. The molecule has 0 aliphatic carbocycles. The van der Waals surface area contributed by atoms with E-state index in [1.165, 1.54) is 7.11 Å². The number of hydrogen-bond donors (Lipinski definition) is 0. The first-order chi connectivity index (χ1) is 11.1. The highest BCUT2D eigenvalue weighted by molar-refractivity contribution is 5.74. The second kappa shape index (κ2) is 14.1. The molecule has 4 heteroatoms. The molecular weight excluding hydrogens is 292 g/mol. The molecule has 2 unspecified atom stereocenters. The van der Waals surface area contributed by atoms with Gasteiger partial charge in [-0.3, -0.25) is 9.59 Å². The van der Waals surface area contributed by atoms with E-state index in [-0.39, 0.29) is 23.8 Å². The molecule has 0 aromatic carbocycles. The fraction of sp³-hybridized carbons (Fsp3) is 0.737. The van der Waals surface area contributed by atoms with E-state index in [2.05, 4.69) is 19.2 Å². The Kier molecular flexibility index (Phi) is 13.1. The lowest BCUT2D eigenvalue weighted by molar-refractivity contribution is -0.146. The molecule has 0 saturated heterocycles. The molecular formula is C19H32O4. The van der Waals surface area contributed by atoms with Crippen LogP contribution in [0.4, 0.5) is 0 Å². The van der Waals surface area contributed by atoms with E-state index < -0.39 is 0 Å². The Hall–Kier alpha value is -1.54. The van der Waals surface area contributed by atoms with Gasteiger partial charge in [-0.25, -0.2) is 0 Å². The first-order valence-corrected chi connectivity index (χ1v) is 8.70. The number of rotatable bonds is 13. The van der Waals surface area contributed by atoms with E-state index in [1.807, 2.05) is 6.92 Å². The quantitative estimate of drug-likeness (QED) is 0.285. The highest BCUT2D eigenvalue weighted by atomic mass is 16.5. The second-order valence-electron chi connectivity index (χ2n) is 5.73. The van der Waals surface area contributed by atoms with Crippen molar-refractivity contribution < 1.29 is 19.1 Å². The molecule has 0 aliphatic heterocycles. The van der Waals surface area contributed by atoms with Crippen LogP contribution in [0.15, 0.2) is 18.4 Å². The van der Waals surface area contributed by atoms with Crippen LogP contribution in [-0.4, -0.2) is 25.7 Å². The summed E-state index contributed by atoms with van der Waals surface area (Å²) < 4.78 is 9.85. The molecule has 0 N–H and O–H groups in total. The predicted octanol–water partition coefficient (Wildman–Crippen LogP) is 4.44. The Balaban J connectivity index is 4.55. The summed E-state index contributed by atoms with van der Waals surface area (Å²) in [4.78, 5) is 23.4. The van der Waals surface area contributed by atoms with Crippen molar-refractivity contribution in [1.29, 1.82) is 0 Å². The predicted molar refractivity (Wildman–Crippen MR) is 91.9 cm³/mol. The summed E-state index contributed by atoms with van der Waals surface area (Å²) in [5.74, 6) is -0.457. The molecule has 0 heterocycles. The van der Waals surface area contributed by atoms with Crippen LogP contribution in [0.5, 0.6) is 0 Å². The molecule has 0 fully saturated rings. The smallest absolute Gasteiger partial charge is 0.313 e. The zero-order valence-electron chi connectivity index (χ0n) is 14.9. The van der Waals surface area contributed by atoms with Crippen molar-refractivity contribution in [2.24, 2.45) is 11.8 Å². The molecule has 23 heavy (non-hydrogen) atoms. The number of unbranched alkanes of at least 4 members (excludes halogenated alkanes) is 3. The maximum atomic E-state index is 12.0. The Morgan fingerprint density at radius 2 is 1.78 bits per heavy atom. The van der Waals surface area contributed by atoms with Crippen LogP contribution in [0, 0.1) is 11.8 Å². The molecule has 0 radical (unpaired) electrons. The van der Waals surface area contributed by atoms with Crippen molar-refractivity contribution in [2.75, 3.05) is 13.7 Å². The van der Waals surface area contributed by atoms with Crippen molar-refractivity contribution in [3.8, 4) is 0 Å². The van der Waals surface area contributed by atoms with Gasteiger partial charge >= 0.3 is 11.9 Å². The van der Waals surface area contributed by atoms with Crippen molar-refractivity contribution in [2.45, 2.75) is 65.2 Å². The first-order valence-electron chi connectivity index (χ1n) is 8.70. The van der Waals surface area contributed by atoms with Gasteiger partial charge in [-0.2, -0.15) is 0 Å². The van der Waals surface area contributed by atoms with Crippen LogP contribution in [0.25, 0.3) is 0 Å². The monoisotopic (exact) mass is 324 g/mol. The summed E-state index contributed by atoms with van der Waals surface area (Å²) >= 11 is 0. The number of methoxy groups -OCH3 is 1. The summed E-state index contributed by atoms with van der Waals surface area (Å²) in [5, 5.41) is 0. The topological polar surface area (TPSA) is 52.6 Å². The van der Waals surface area contributed by atoms with Gasteiger partial charge < -0.3 is 9.47 Å². The van der Waals surface area contributed by atoms with E-state index in [4.69, 9.17) is 9.47 Å². The van der Waals surface area contributed by atoms with E-state index in [1.54, 1.807) is 6.08 Å². The van der Waals surface area contributed by atoms with Gasteiger partial charge in [-0.1, -0.05) is 39.2 Å². The summed E-state index contributed by atoms with van der Waals surface area (Å²) in [6, 6.07) is 0. The van der Waals surface area contributed by atoms with Gasteiger partial charge in [0.25, 0.3) is 0 Å². The van der Waals surface area contributed by atoms with Crippen LogP contribution < -0.4 is 0 Å². The van der Waals surface area contributed by atoms with E-state index >= 15 is 0 Å². The molecule has 0 aromatic heterocycles. The lowest BCUT2D eigenvalue weighted by Crippen LogP contribution is -2.23. The number of ether oxygens (including phenoxy) is 2. The van der Waals surface area contributed by atoms with Gasteiger partial charge in [0.2, 0.25) is 0 Å². The van der Waals surface area contributed by atoms with E-state index in [0.717, 1.165) is 44.9 Å². The molecule has 0 amide bonds. The average molecular weight is 324 g/mol. The third-order valence-electron chi connectivity index (χ3n) is 3.97. The van der Waals surface area contributed by atoms with Crippen molar-refractivity contribution >= 4 is 11.9 Å². The minimum Gasteiger partial charge on any atom is -0.469 e. The molecule has 0 rings (SSSR count). The lowest BCUT2D eigenvalue weighted by atomic mass is 9.83. The minimum absolute atomic E-state index is 0.148. The summed E-state index contributed by atoms with van der Waals surface area (Å²) in [5.41, 5.74) is 2.73. The van der Waals surface area contributed by atoms with Crippen LogP contribution in [0.1, 0.15) is 65.2 Å². The molecule has 0 saturated carbocycles. The van der Waals surface area contributed by atoms with Gasteiger partial charge in [-0.05, 0) is 38.2 Å². The average Bonchev–Trinajstić information content (AvgIpc) is 2.55. The Morgan fingerprint density at radius 1 is 1.13 bits per heavy atom. The fourth-order valence-electron chi connectivity index (χ4n) is 2.73. The normalized spacial score (nSPS) is 12.8. The second-order valence-corrected chi connectivity index (χ2v) is 5.73. The molecule has 4 nitrogen and oxygen atoms in total. The molecule has 0 bridgehead atoms. The lowest BCUT2D eigenvalue weighted by Gasteiger charge is -2.22. The molecule has 2 atom stereocenters. The van der Waals surface area contributed by atoms with E-state index in [9.17, 15) is 9.59 Å². The van der Waals surface area contributed by atoms with Gasteiger partial charge in [0.15, 0.2) is 0 Å². The number of carbonyl (C=O) groups is 2. The van der Waals surface area contributed by atoms with Crippen LogP contribution in [0.3, 0.4) is 0 Å². The van der Waals surface area contributed by atoms with Gasteiger partial charge in [-0.15, -0.1) is 5.73 Å². The zero-order chi connectivity index (χ0) is 17.5. The Labute approximate surface area is 140 Å². The first kappa shape index (κ1) is 21.5. The number of esters is 2. The summed E-state index contributed by atoms with van der Waals surface area (Å²) in [7, 11) is 1.41. The van der Waals surface area contributed by atoms with Crippen molar-refractivity contribution in [3.05, 3.63) is 18.4 Å². The largest absolute Gasteiger partial charge is 0.469 e. The van der Waals surface area contributed by atoms with Crippen molar-refractivity contribution in [1.82, 2.24) is 0 Å². The summed E-state index contributed by atoms with van der Waals surface area (Å²) in [6.07, 6.45) is 9.11. The minimum atomic E-state index is -0.294. The van der Waals surface area contributed by atoms with Crippen LogP contribution in [0.2, 0.25) is 0 Å². The molecule has 0 spiro atoms. The molecule has 0 aliphatic rings. The molecule has 0 aromatic rings. The van der Waals surface area contributed by atoms with Gasteiger partial charge in [0.1, 0.15) is 0 Å². The van der Waals surface area contributed by atoms with E-state index in [0.29, 0.717) is 13.0 Å². The standard InChI is InChI=1S/C19H32O4/c1-5-8-9-13-16(17(12-6-2)19(21)22-4)14-10-11-15-18(20)23-7-3/h12,16-17H,2,5,7-11,13-15H2,1,3-4H3. The third kappa shape index (κ3) is 9.96. The van der Waals surface area contributed by atoms with Crippen LogP contribution in [-0.2, 0) is 19.1 Å². The maximum Gasteiger partial charge on any atom is 0.313 e. The highest BCUT2D eigenvalue weighted by Crippen LogP contribution is 2.27. The Bertz CT molecular complexity index is 383. The molecule has 132 valence electrons. The van der Waals surface area contributed by atoms with Crippen molar-refractivity contribution in [3.63, 3.8) is 0 Å². The SMILES string of the molecule is C=C=CC(C(=O)OC)C(CCCCC)CCCCC(=O)OCC. The van der Waals surface area contributed by atoms with Crippen LogP contribution >= 0.6 is 0 Å². The fourth-order valence-corrected chi connectivity index (χ4v) is 2.73. The number of carbonyl (C=O) groups excluding carboxylic acids is 2.